The molecule has 0 aliphatic carbocycles. The molecule has 0 spiro atoms. The number of anilines is 1. The Bertz CT molecular complexity index is 1130. The monoisotopic (exact) mass is 501 g/mol. The van der Waals surface area contributed by atoms with Crippen LogP contribution in [0.4, 0.5) is 5.82 Å². The molecule has 0 aliphatic rings. The third-order valence-electron chi connectivity index (χ3n) is 4.90. The van der Waals surface area contributed by atoms with Gasteiger partial charge in [0, 0.05) is 58.0 Å². The van der Waals surface area contributed by atoms with Crippen molar-refractivity contribution in [1.29, 1.82) is 0 Å². The van der Waals surface area contributed by atoms with E-state index in [4.69, 9.17) is 22.1 Å². The number of benzene rings is 1. The molecule has 0 bridgehead atoms. The van der Waals surface area contributed by atoms with Crippen LogP contribution in [0.5, 0.6) is 5.75 Å². The lowest BCUT2D eigenvalue weighted by atomic mass is 9.91. The van der Waals surface area contributed by atoms with E-state index in [9.17, 15) is 0 Å². The molecule has 31 heavy (non-hydrogen) atoms. The Balaban J connectivity index is 2.26. The highest BCUT2D eigenvalue weighted by molar-refractivity contribution is 9.10. The van der Waals surface area contributed by atoms with Crippen molar-refractivity contribution in [2.75, 3.05) is 12.3 Å². The molecule has 1 aromatic carbocycles. The fraction of sp³-hybridized carbons (Fsp3) is 0.261. The van der Waals surface area contributed by atoms with Crippen LogP contribution in [0.25, 0.3) is 11.1 Å². The summed E-state index contributed by atoms with van der Waals surface area (Å²) in [4.78, 5) is 16.4. The van der Waals surface area contributed by atoms with Crippen molar-refractivity contribution in [2.45, 2.75) is 33.6 Å². The maximum Gasteiger partial charge on any atom is 0.131 e. The summed E-state index contributed by atoms with van der Waals surface area (Å²) in [6.07, 6.45) is 5.01. The number of H-pyrrole nitrogens is 1. The molecular formula is C23H25BrClN5O. The zero-order valence-corrected chi connectivity index (χ0v) is 20.3. The van der Waals surface area contributed by atoms with Gasteiger partial charge in [-0.1, -0.05) is 24.6 Å². The smallest absolute Gasteiger partial charge is 0.131 e. The molecule has 0 saturated heterocycles. The van der Waals surface area contributed by atoms with Crippen LogP contribution in [-0.4, -0.2) is 26.5 Å². The van der Waals surface area contributed by atoms with E-state index >= 15 is 0 Å². The van der Waals surface area contributed by atoms with Gasteiger partial charge in [0.25, 0.3) is 0 Å². The van der Waals surface area contributed by atoms with Crippen LogP contribution in [-0.2, 0) is 0 Å². The Labute approximate surface area is 195 Å². The number of nitrogens with one attached hydrogen (secondary N) is 1. The maximum absolute atomic E-state index is 6.68. The van der Waals surface area contributed by atoms with Gasteiger partial charge in [-0.05, 0) is 54.4 Å². The predicted molar refractivity (Wildman–Crippen MR) is 129 cm³/mol. The summed E-state index contributed by atoms with van der Waals surface area (Å²) in [7, 11) is 0. The first kappa shape index (κ1) is 23.0. The second-order valence-electron chi connectivity index (χ2n) is 7.10. The number of pyridine rings is 1. The molecule has 0 amide bonds. The van der Waals surface area contributed by atoms with Crippen molar-refractivity contribution in [1.82, 2.24) is 19.9 Å². The highest BCUT2D eigenvalue weighted by Crippen LogP contribution is 2.43. The summed E-state index contributed by atoms with van der Waals surface area (Å²) in [5, 5.41) is 0.655. The van der Waals surface area contributed by atoms with Crippen molar-refractivity contribution in [3.8, 4) is 16.9 Å². The first-order valence-electron chi connectivity index (χ1n) is 9.90. The number of hydrogen-bond acceptors (Lipinski definition) is 5. The normalized spacial score (nSPS) is 11.7. The number of rotatable bonds is 5. The molecule has 0 aliphatic heterocycles. The lowest BCUT2D eigenvalue weighted by Gasteiger charge is -2.22. The van der Waals surface area contributed by atoms with Crippen LogP contribution >= 0.6 is 27.5 Å². The van der Waals surface area contributed by atoms with E-state index in [0.717, 1.165) is 33.7 Å². The van der Waals surface area contributed by atoms with Crippen LogP contribution < -0.4 is 10.5 Å². The molecule has 2 aromatic heterocycles. The van der Waals surface area contributed by atoms with Crippen LogP contribution in [0.15, 0.2) is 47.5 Å². The Hall–Kier alpha value is -2.64. The minimum absolute atomic E-state index is 0.165. The van der Waals surface area contributed by atoms with E-state index in [1.54, 1.807) is 18.5 Å². The number of aromatic amines is 1. The largest absolute Gasteiger partial charge is 0.493 e. The fourth-order valence-corrected chi connectivity index (χ4v) is 3.94. The third-order valence-corrected chi connectivity index (χ3v) is 5.72. The Morgan fingerprint density at radius 2 is 1.90 bits per heavy atom. The van der Waals surface area contributed by atoms with Gasteiger partial charge in [0.1, 0.15) is 17.4 Å². The molecule has 0 unspecified atom stereocenters. The lowest BCUT2D eigenvalue weighted by Crippen LogP contribution is -2.07. The van der Waals surface area contributed by atoms with Gasteiger partial charge in [0.05, 0.1) is 11.2 Å². The average molecular weight is 503 g/mol. The Morgan fingerprint density at radius 3 is 2.58 bits per heavy atom. The second kappa shape index (κ2) is 10.1. The molecule has 0 radical (unpaired) electrons. The van der Waals surface area contributed by atoms with Crippen molar-refractivity contribution < 1.29 is 4.74 Å². The van der Waals surface area contributed by atoms with E-state index in [-0.39, 0.29) is 5.92 Å². The Kier molecular flexibility index (Phi) is 7.51. The summed E-state index contributed by atoms with van der Waals surface area (Å²) < 4.78 is 6.82. The summed E-state index contributed by atoms with van der Waals surface area (Å²) in [6.45, 7) is 8.48. The standard InChI is InChI=1S/C23H25BrClN5O/c1-5-31-22-17(14(3)23-28-9-8-27-20(26)11-19(24)30-23)10-18(25)15(4)21(22)16-7-6-13(2)29-12-16/h6-12,14H,5H2,1-4H3,(H2,26,27)(H,28,30)/t14-/m1/s1. The van der Waals surface area contributed by atoms with Crippen molar-refractivity contribution >= 4 is 33.3 Å². The summed E-state index contributed by atoms with van der Waals surface area (Å²) >= 11 is 10.2. The molecule has 3 rings (SSSR count). The predicted octanol–water partition coefficient (Wildman–Crippen LogP) is 6.16. The molecule has 2 heterocycles. The van der Waals surface area contributed by atoms with Gasteiger partial charge in [-0.2, -0.15) is 0 Å². The van der Waals surface area contributed by atoms with E-state index in [1.165, 1.54) is 0 Å². The molecule has 0 saturated carbocycles. The number of nitrogens with two attached hydrogens (primary N) is 1. The molecule has 8 heteroatoms. The van der Waals surface area contributed by atoms with Crippen LogP contribution in [0.1, 0.15) is 42.4 Å². The van der Waals surface area contributed by atoms with Gasteiger partial charge in [0.2, 0.25) is 0 Å². The van der Waals surface area contributed by atoms with Gasteiger partial charge in [-0.25, -0.2) is 9.97 Å². The highest BCUT2D eigenvalue weighted by Gasteiger charge is 2.23. The van der Waals surface area contributed by atoms with Crippen molar-refractivity contribution in [3.63, 3.8) is 0 Å². The first-order chi connectivity index (χ1) is 14.8. The van der Waals surface area contributed by atoms with Gasteiger partial charge < -0.3 is 15.5 Å². The van der Waals surface area contributed by atoms with E-state index < -0.39 is 0 Å². The molecule has 0 fully saturated rings. The average Bonchev–Trinajstić information content (AvgIpc) is 2.81. The maximum atomic E-state index is 6.68. The quantitative estimate of drug-likeness (QED) is 0.436. The molecule has 6 nitrogen and oxygen atoms in total. The number of ether oxygens (including phenoxy) is 1. The van der Waals surface area contributed by atoms with Crippen molar-refractivity contribution in [3.05, 3.63) is 75.1 Å². The zero-order chi connectivity index (χ0) is 22.5. The minimum atomic E-state index is -0.165. The van der Waals surface area contributed by atoms with Crippen LogP contribution in [0.2, 0.25) is 5.02 Å². The molecule has 162 valence electrons. The molecule has 3 N–H and O–H groups in total. The fourth-order valence-electron chi connectivity index (χ4n) is 3.29. The number of halogens is 2. The first-order valence-corrected chi connectivity index (χ1v) is 11.1. The van der Waals surface area contributed by atoms with Gasteiger partial charge in [-0.3, -0.25) is 4.98 Å². The Morgan fingerprint density at radius 1 is 1.16 bits per heavy atom. The molecule has 3 aromatic rings. The number of aromatic nitrogens is 4. The van der Waals surface area contributed by atoms with Gasteiger partial charge in [0.15, 0.2) is 0 Å². The van der Waals surface area contributed by atoms with Crippen molar-refractivity contribution in [2.24, 2.45) is 0 Å². The van der Waals surface area contributed by atoms with Gasteiger partial charge >= 0.3 is 0 Å². The topological polar surface area (TPSA) is 89.7 Å². The minimum Gasteiger partial charge on any atom is -0.493 e. The number of nitrogens with zero attached hydrogens (tertiary/aromatic N) is 3. The van der Waals surface area contributed by atoms with E-state index in [1.807, 2.05) is 52.1 Å². The number of nitrogen functional groups attached to an aromatic ring is 1. The summed E-state index contributed by atoms with van der Waals surface area (Å²) in [6, 6.07) is 7.65. The highest BCUT2D eigenvalue weighted by atomic mass is 79.9. The molecule has 1 atom stereocenters. The summed E-state index contributed by atoms with van der Waals surface area (Å²) in [5.41, 5.74) is 10.5. The number of aryl methyl sites for hydroxylation is 1. The third kappa shape index (κ3) is 5.35. The van der Waals surface area contributed by atoms with E-state index in [0.29, 0.717) is 27.9 Å². The number of hydrogen-bond donors (Lipinski definition) is 2. The van der Waals surface area contributed by atoms with Crippen LogP contribution in [0.3, 0.4) is 0 Å². The van der Waals surface area contributed by atoms with Gasteiger partial charge in [-0.15, -0.1) is 0 Å². The molecular weight excluding hydrogens is 478 g/mol. The zero-order valence-electron chi connectivity index (χ0n) is 17.9. The summed E-state index contributed by atoms with van der Waals surface area (Å²) in [5.74, 6) is 1.66. The lowest BCUT2D eigenvalue weighted by molar-refractivity contribution is 0.336. The SMILES string of the molecule is CCOc1c([C@@H](C)c2nccnc(N)cc(Br)[nH]2)cc(Cl)c(C)c1-c1ccc(C)nc1. The second-order valence-corrected chi connectivity index (χ2v) is 8.36. The van der Waals surface area contributed by atoms with Crippen LogP contribution in [0, 0.1) is 13.8 Å². The van der Waals surface area contributed by atoms with E-state index in [2.05, 4.69) is 35.9 Å².